The molecule has 0 bridgehead atoms. The third-order valence-corrected chi connectivity index (χ3v) is 10.8. The summed E-state index contributed by atoms with van der Waals surface area (Å²) in [6.07, 6.45) is -17.7. The summed E-state index contributed by atoms with van der Waals surface area (Å²) in [6.45, 7) is -2.84. The minimum absolute atomic E-state index is 0.139. The zero-order valence-electron chi connectivity index (χ0n) is 28.9. The van der Waals surface area contributed by atoms with Gasteiger partial charge in [-0.1, -0.05) is 0 Å². The molecule has 2 unspecified atom stereocenters. The van der Waals surface area contributed by atoms with Crippen LogP contribution in [0.4, 0.5) is 17.5 Å². The number of aliphatic hydroxyl groups excluding tert-OH is 5. The summed E-state index contributed by atoms with van der Waals surface area (Å²) in [6, 6.07) is 3.51. The largest absolute Gasteiger partial charge is 0.472 e. The van der Waals surface area contributed by atoms with Crippen molar-refractivity contribution in [2.24, 2.45) is 0 Å². The molecule has 0 amide bonds. The van der Waals surface area contributed by atoms with Gasteiger partial charge < -0.3 is 66.7 Å². The van der Waals surface area contributed by atoms with E-state index >= 15 is 0 Å². The molecule has 57 heavy (non-hydrogen) atoms. The SMILES string of the molecule is Nc1ccn([C@@H]2O[C@H](COP(=O)(O)O[C@@H]3[C@H](O)[C@@H](COP(=O)(O)O[C@@H]4[C@H](O)[C@@H](CO)O[C@H]4n4ccc(N)nc4=O)O[C@H]3n3ccc(N)nc3=O)[C@@H](O)[C@H]2O)c(=O)n1. The van der Waals surface area contributed by atoms with E-state index in [-0.39, 0.29) is 17.5 Å². The number of aromatic nitrogens is 6. The number of phosphoric ester groups is 2. The quantitative estimate of drug-likeness (QED) is 0.0677. The topological polar surface area (TPSA) is 423 Å². The number of nitrogens with two attached hydrogens (primary N) is 3. The molecule has 0 aliphatic carbocycles. The Balaban J connectivity index is 1.16. The molecule has 0 aromatic carbocycles. The Kier molecular flexibility index (Phi) is 12.4. The zero-order chi connectivity index (χ0) is 41.6. The summed E-state index contributed by atoms with van der Waals surface area (Å²) in [5, 5.41) is 52.5. The molecule has 28 nitrogen and oxygen atoms in total. The van der Waals surface area contributed by atoms with Gasteiger partial charge in [0, 0.05) is 18.6 Å². The molecule has 14 atom stereocenters. The molecule has 6 rings (SSSR count). The molecule has 6 heterocycles. The van der Waals surface area contributed by atoms with Crippen LogP contribution in [0.5, 0.6) is 0 Å². The number of ether oxygens (including phenoxy) is 3. The number of anilines is 3. The van der Waals surface area contributed by atoms with Crippen LogP contribution in [0.1, 0.15) is 18.7 Å². The first-order valence-corrected chi connectivity index (χ1v) is 19.4. The fourth-order valence-corrected chi connectivity index (χ4v) is 7.92. The molecule has 3 aliphatic rings. The molecule has 30 heteroatoms. The van der Waals surface area contributed by atoms with E-state index in [1.165, 1.54) is 12.1 Å². The predicted octanol–water partition coefficient (Wildman–Crippen LogP) is -5.36. The van der Waals surface area contributed by atoms with Crippen LogP contribution in [-0.2, 0) is 41.4 Å². The fraction of sp³-hybridized carbons (Fsp3) is 0.556. The smallest absolute Gasteiger partial charge is 0.394 e. The fourth-order valence-electron chi connectivity index (χ4n) is 6.06. The number of nitrogens with zero attached hydrogens (tertiary/aromatic N) is 6. The average molecular weight is 854 g/mol. The van der Waals surface area contributed by atoms with Crippen molar-refractivity contribution in [2.75, 3.05) is 37.0 Å². The van der Waals surface area contributed by atoms with Crippen LogP contribution in [0.25, 0.3) is 0 Å². The van der Waals surface area contributed by atoms with Gasteiger partial charge in [0.05, 0.1) is 19.8 Å². The Bertz CT molecular complexity index is 2210. The van der Waals surface area contributed by atoms with Crippen LogP contribution in [0.3, 0.4) is 0 Å². The standard InChI is InChI=1S/C27H37N9O19P2/c28-13-1-4-34(25(42)31-13)22-19(41)16(38)11(52-22)8-49-56(45,46)55-21-18(40)12(53-24(21)36-6-3-15(30)33-27(36)44)9-50-57(47,48)54-20-17(39)10(7-37)51-23(20)35-5-2-14(29)32-26(35)43/h1-6,10-12,16-24,37-41H,7-9H2,(H,45,46)(H,47,48)(H2,28,31,42)(H2,29,32,43)(H2,30,33,44)/t10-,11-,12-,16-,17-,18-,19-,20-,21-,22-,23-,24-/m1/s1. The highest BCUT2D eigenvalue weighted by Gasteiger charge is 2.53. The average Bonchev–Trinajstić information content (AvgIpc) is 3.71. The number of hydrogen-bond donors (Lipinski definition) is 10. The molecule has 3 aliphatic heterocycles. The molecule has 3 fully saturated rings. The zero-order valence-corrected chi connectivity index (χ0v) is 30.6. The highest BCUT2D eigenvalue weighted by Crippen LogP contribution is 2.52. The lowest BCUT2D eigenvalue weighted by molar-refractivity contribution is -0.0680. The van der Waals surface area contributed by atoms with Crippen molar-refractivity contribution in [2.45, 2.75) is 73.6 Å². The Morgan fingerprint density at radius 1 is 0.596 bits per heavy atom. The normalized spacial score (nSPS) is 33.6. The summed E-state index contributed by atoms with van der Waals surface area (Å²) in [7, 11) is -10.7. The lowest BCUT2D eigenvalue weighted by atomic mass is 10.1. The second-order valence-corrected chi connectivity index (χ2v) is 15.4. The van der Waals surface area contributed by atoms with Crippen LogP contribution in [-0.4, -0.2) is 139 Å². The van der Waals surface area contributed by atoms with Gasteiger partial charge in [0.25, 0.3) is 0 Å². The second kappa shape index (κ2) is 16.7. The summed E-state index contributed by atoms with van der Waals surface area (Å²) in [5.74, 6) is -0.563. The van der Waals surface area contributed by atoms with E-state index in [0.717, 1.165) is 33.8 Å². The number of rotatable bonds is 14. The Morgan fingerprint density at radius 2 is 0.947 bits per heavy atom. The second-order valence-electron chi connectivity index (χ2n) is 12.6. The molecule has 0 radical (unpaired) electrons. The first kappa shape index (κ1) is 42.5. The van der Waals surface area contributed by atoms with E-state index in [0.29, 0.717) is 4.57 Å². The maximum Gasteiger partial charge on any atom is 0.472 e. The molecule has 0 saturated carbocycles. The van der Waals surface area contributed by atoms with E-state index in [1.54, 1.807) is 0 Å². The van der Waals surface area contributed by atoms with Gasteiger partial charge in [0.15, 0.2) is 18.7 Å². The van der Waals surface area contributed by atoms with E-state index in [1.807, 2.05) is 0 Å². The van der Waals surface area contributed by atoms with Gasteiger partial charge in [0.1, 0.15) is 72.4 Å². The van der Waals surface area contributed by atoms with Crippen molar-refractivity contribution in [1.29, 1.82) is 0 Å². The van der Waals surface area contributed by atoms with Crippen molar-refractivity contribution in [3.05, 3.63) is 68.2 Å². The Labute approximate surface area is 317 Å². The highest BCUT2D eigenvalue weighted by molar-refractivity contribution is 7.47. The van der Waals surface area contributed by atoms with Crippen molar-refractivity contribution < 1.29 is 76.8 Å². The van der Waals surface area contributed by atoms with Gasteiger partial charge in [-0.05, 0) is 18.2 Å². The van der Waals surface area contributed by atoms with Crippen LogP contribution in [0.15, 0.2) is 51.2 Å². The first-order chi connectivity index (χ1) is 26.8. The predicted molar refractivity (Wildman–Crippen MR) is 183 cm³/mol. The molecule has 0 spiro atoms. The van der Waals surface area contributed by atoms with Crippen molar-refractivity contribution in [1.82, 2.24) is 28.7 Å². The van der Waals surface area contributed by atoms with Crippen LogP contribution < -0.4 is 34.3 Å². The summed E-state index contributed by atoms with van der Waals surface area (Å²) < 4.78 is 65.6. The van der Waals surface area contributed by atoms with Gasteiger partial charge in [-0.2, -0.15) is 15.0 Å². The number of nitrogen functional groups attached to an aromatic ring is 3. The van der Waals surface area contributed by atoms with Gasteiger partial charge in [-0.25, -0.2) is 23.5 Å². The maximum absolute atomic E-state index is 13.2. The van der Waals surface area contributed by atoms with Crippen molar-refractivity contribution >= 4 is 33.1 Å². The maximum atomic E-state index is 13.2. The summed E-state index contributed by atoms with van der Waals surface area (Å²) in [4.78, 5) is 69.3. The monoisotopic (exact) mass is 853 g/mol. The minimum Gasteiger partial charge on any atom is -0.394 e. The minimum atomic E-state index is -5.37. The lowest BCUT2D eigenvalue weighted by Gasteiger charge is -2.25. The van der Waals surface area contributed by atoms with Gasteiger partial charge in [-0.15, -0.1) is 0 Å². The van der Waals surface area contributed by atoms with Crippen molar-refractivity contribution in [3.63, 3.8) is 0 Å². The summed E-state index contributed by atoms with van der Waals surface area (Å²) >= 11 is 0. The first-order valence-electron chi connectivity index (χ1n) is 16.4. The van der Waals surface area contributed by atoms with Gasteiger partial charge in [-0.3, -0.25) is 31.8 Å². The highest BCUT2D eigenvalue weighted by atomic mass is 31.2. The van der Waals surface area contributed by atoms with Crippen LogP contribution >= 0.6 is 15.6 Å². The molecule has 3 aromatic heterocycles. The van der Waals surface area contributed by atoms with E-state index in [2.05, 4.69) is 15.0 Å². The van der Waals surface area contributed by atoms with Crippen LogP contribution in [0.2, 0.25) is 0 Å². The van der Waals surface area contributed by atoms with Gasteiger partial charge in [0.2, 0.25) is 0 Å². The molecular formula is C27H37N9O19P2. The molecular weight excluding hydrogens is 816 g/mol. The van der Waals surface area contributed by atoms with Crippen molar-refractivity contribution in [3.8, 4) is 0 Å². The Hall–Kier alpha value is -4.06. The third-order valence-electron chi connectivity index (χ3n) is 8.83. The van der Waals surface area contributed by atoms with Crippen LogP contribution in [0, 0.1) is 0 Å². The molecule has 3 saturated heterocycles. The number of aliphatic hydroxyl groups is 5. The van der Waals surface area contributed by atoms with E-state index < -0.39 is 126 Å². The third kappa shape index (κ3) is 9.16. The van der Waals surface area contributed by atoms with E-state index in [9.17, 15) is 58.8 Å². The number of phosphoric acid groups is 2. The van der Waals surface area contributed by atoms with E-state index in [4.69, 9.17) is 49.5 Å². The molecule has 3 aromatic rings. The number of hydrogen-bond acceptors (Lipinski definition) is 23. The molecule has 314 valence electrons. The molecule has 13 N–H and O–H groups in total. The lowest BCUT2D eigenvalue weighted by Crippen LogP contribution is -2.39. The van der Waals surface area contributed by atoms with Gasteiger partial charge >= 0.3 is 32.7 Å². The summed E-state index contributed by atoms with van der Waals surface area (Å²) in [5.41, 5.74) is 13.5. The Morgan fingerprint density at radius 3 is 1.35 bits per heavy atom.